The quantitative estimate of drug-likeness (QED) is 0.351. The van der Waals surface area contributed by atoms with E-state index in [1.807, 2.05) is 24.3 Å². The normalized spacial score (nSPS) is 14.4. The van der Waals surface area contributed by atoms with Gasteiger partial charge in [-0.2, -0.15) is 0 Å². The molecule has 0 aliphatic heterocycles. The summed E-state index contributed by atoms with van der Waals surface area (Å²) in [5.41, 5.74) is 3.70. The number of ether oxygens (including phenoxy) is 2. The van der Waals surface area contributed by atoms with Gasteiger partial charge < -0.3 is 14.6 Å². The van der Waals surface area contributed by atoms with E-state index in [1.165, 1.54) is 12.4 Å². The molecule has 0 radical (unpaired) electrons. The lowest BCUT2D eigenvalue weighted by molar-refractivity contribution is -0.137. The molecular weight excluding hydrogens is 459 g/mol. The second kappa shape index (κ2) is 10.6. The van der Waals surface area contributed by atoms with E-state index in [4.69, 9.17) is 9.47 Å². The third-order valence-corrected chi connectivity index (χ3v) is 6.36. The molecule has 1 heterocycles. The van der Waals surface area contributed by atoms with Crippen molar-refractivity contribution in [3.8, 4) is 22.6 Å². The first-order valence-corrected chi connectivity index (χ1v) is 12.2. The van der Waals surface area contributed by atoms with Gasteiger partial charge in [0, 0.05) is 17.2 Å². The fourth-order valence-electron chi connectivity index (χ4n) is 4.53. The molecule has 7 heteroatoms. The molecule has 1 aliphatic rings. The fraction of sp³-hybridized carbons (Fsp3) is 0.414. The van der Waals surface area contributed by atoms with Gasteiger partial charge in [0.15, 0.2) is 0 Å². The summed E-state index contributed by atoms with van der Waals surface area (Å²) < 4.78 is 26.2. The molecule has 0 bridgehead atoms. The Morgan fingerprint density at radius 3 is 2.50 bits per heavy atom. The molecule has 1 N–H and O–H groups in total. The third kappa shape index (κ3) is 6.59. The predicted molar refractivity (Wildman–Crippen MR) is 136 cm³/mol. The van der Waals surface area contributed by atoms with Crippen LogP contribution in [0.2, 0.25) is 0 Å². The number of rotatable bonds is 10. The predicted octanol–water partition coefficient (Wildman–Crippen LogP) is 6.43. The van der Waals surface area contributed by atoms with Crippen LogP contribution in [0, 0.1) is 17.2 Å². The number of carboxylic acid groups (broad SMARTS) is 1. The minimum absolute atomic E-state index is 0.0216. The number of benzene rings is 2. The number of methoxy groups -OCH3 is 1. The van der Waals surface area contributed by atoms with Crippen LogP contribution in [0.1, 0.15) is 62.9 Å². The third-order valence-electron chi connectivity index (χ3n) is 6.36. The Hall–Kier alpha value is -3.48. The molecule has 1 aromatic heterocycles. The zero-order valence-electron chi connectivity index (χ0n) is 21.3. The average molecular weight is 493 g/mol. The van der Waals surface area contributed by atoms with E-state index < -0.39 is 5.97 Å². The first-order chi connectivity index (χ1) is 17.1. The summed E-state index contributed by atoms with van der Waals surface area (Å²) >= 11 is 0. The van der Waals surface area contributed by atoms with Gasteiger partial charge in [0.2, 0.25) is 0 Å². The van der Waals surface area contributed by atoms with Gasteiger partial charge in [-0.1, -0.05) is 26.8 Å². The Morgan fingerprint density at radius 1 is 1.08 bits per heavy atom. The largest absolute Gasteiger partial charge is 0.497 e. The number of aliphatic carboxylic acids is 1. The van der Waals surface area contributed by atoms with Crippen LogP contribution in [-0.4, -0.2) is 28.2 Å². The van der Waals surface area contributed by atoms with Gasteiger partial charge in [-0.25, -0.2) is 14.4 Å². The van der Waals surface area contributed by atoms with Crippen molar-refractivity contribution in [3.05, 3.63) is 71.6 Å². The molecule has 1 fully saturated rings. The van der Waals surface area contributed by atoms with E-state index in [0.29, 0.717) is 28.7 Å². The lowest BCUT2D eigenvalue weighted by Gasteiger charge is -2.22. The van der Waals surface area contributed by atoms with E-state index in [2.05, 4.69) is 30.7 Å². The van der Waals surface area contributed by atoms with Gasteiger partial charge in [-0.3, -0.25) is 4.79 Å². The van der Waals surface area contributed by atoms with Gasteiger partial charge in [-0.05, 0) is 78.1 Å². The van der Waals surface area contributed by atoms with E-state index in [-0.39, 0.29) is 30.2 Å². The van der Waals surface area contributed by atoms with Crippen molar-refractivity contribution in [1.82, 2.24) is 9.97 Å². The number of aromatic nitrogens is 2. The molecular formula is C29H33FN2O4. The lowest BCUT2D eigenvalue weighted by Crippen LogP contribution is -2.12. The molecule has 6 nitrogen and oxygen atoms in total. The van der Waals surface area contributed by atoms with Crippen LogP contribution in [0.5, 0.6) is 11.5 Å². The second-order valence-corrected chi connectivity index (χ2v) is 10.7. The molecule has 4 rings (SSSR count). The monoisotopic (exact) mass is 492 g/mol. The van der Waals surface area contributed by atoms with Gasteiger partial charge in [0.05, 0.1) is 19.2 Å². The van der Waals surface area contributed by atoms with E-state index in [1.54, 1.807) is 19.2 Å². The van der Waals surface area contributed by atoms with Crippen LogP contribution in [0.3, 0.4) is 0 Å². The van der Waals surface area contributed by atoms with Crippen molar-refractivity contribution in [2.45, 2.75) is 59.0 Å². The van der Waals surface area contributed by atoms with Crippen LogP contribution < -0.4 is 9.47 Å². The zero-order valence-corrected chi connectivity index (χ0v) is 21.3. The molecule has 36 heavy (non-hydrogen) atoms. The molecule has 0 spiro atoms. The Labute approximate surface area is 211 Å². The minimum atomic E-state index is -0.817. The minimum Gasteiger partial charge on any atom is -0.497 e. The molecule has 0 amide bonds. The summed E-state index contributed by atoms with van der Waals surface area (Å²) in [4.78, 5) is 20.0. The van der Waals surface area contributed by atoms with Gasteiger partial charge >= 0.3 is 5.97 Å². The van der Waals surface area contributed by atoms with Crippen LogP contribution in [0.25, 0.3) is 11.1 Å². The highest BCUT2D eigenvalue weighted by molar-refractivity contribution is 5.70. The maximum atomic E-state index is 14.8. The molecule has 3 aromatic rings. The van der Waals surface area contributed by atoms with Crippen LogP contribution in [0.15, 0.2) is 48.8 Å². The van der Waals surface area contributed by atoms with Crippen molar-refractivity contribution in [3.63, 3.8) is 0 Å². The number of hydrogen-bond acceptors (Lipinski definition) is 5. The number of carbonyl (C=O) groups is 1. The molecule has 1 unspecified atom stereocenters. The Bertz CT molecular complexity index is 1230. The summed E-state index contributed by atoms with van der Waals surface area (Å²) in [6.07, 6.45) is 4.34. The van der Waals surface area contributed by atoms with Crippen molar-refractivity contribution in [2.24, 2.45) is 11.3 Å². The topological polar surface area (TPSA) is 81.5 Å². The highest BCUT2D eigenvalue weighted by atomic mass is 19.1. The average Bonchev–Trinajstić information content (AvgIpc) is 3.66. The smallest absolute Gasteiger partial charge is 0.304 e. The SMILES string of the molecule is COc1ccc(F)c(-c2ccc(OCc3cc(C(CC(=O)O)C4CC4)ncn3)cc2CC(C)(C)C)c1. The summed E-state index contributed by atoms with van der Waals surface area (Å²) in [6, 6.07) is 12.3. The van der Waals surface area contributed by atoms with Gasteiger partial charge in [0.25, 0.3) is 0 Å². The molecule has 190 valence electrons. The Morgan fingerprint density at radius 2 is 1.83 bits per heavy atom. The first-order valence-electron chi connectivity index (χ1n) is 12.2. The fourth-order valence-corrected chi connectivity index (χ4v) is 4.53. The highest BCUT2D eigenvalue weighted by Gasteiger charge is 2.34. The van der Waals surface area contributed by atoms with Gasteiger partial charge in [-0.15, -0.1) is 0 Å². The molecule has 0 saturated heterocycles. The van der Waals surface area contributed by atoms with Crippen molar-refractivity contribution in [2.75, 3.05) is 7.11 Å². The van der Waals surface area contributed by atoms with Crippen molar-refractivity contribution in [1.29, 1.82) is 0 Å². The van der Waals surface area contributed by atoms with Gasteiger partial charge in [0.1, 0.15) is 30.3 Å². The molecule has 1 atom stereocenters. The zero-order chi connectivity index (χ0) is 25.9. The van der Waals surface area contributed by atoms with E-state index in [0.717, 1.165) is 36.1 Å². The summed E-state index contributed by atoms with van der Waals surface area (Å²) in [6.45, 7) is 6.65. The summed E-state index contributed by atoms with van der Waals surface area (Å²) in [5, 5.41) is 9.30. The second-order valence-electron chi connectivity index (χ2n) is 10.7. The summed E-state index contributed by atoms with van der Waals surface area (Å²) in [5.74, 6) is 0.405. The van der Waals surface area contributed by atoms with E-state index in [9.17, 15) is 14.3 Å². The maximum Gasteiger partial charge on any atom is 0.304 e. The van der Waals surface area contributed by atoms with Crippen LogP contribution in [-0.2, 0) is 17.8 Å². The molecule has 1 aliphatic carbocycles. The lowest BCUT2D eigenvalue weighted by atomic mass is 9.84. The standard InChI is InChI=1S/C29H33FN2O4/c1-29(2,3)15-19-11-22(7-9-23(19)25-13-21(35-4)8-10-26(25)30)36-16-20-12-27(32-17-31-20)24(14-28(33)34)18-5-6-18/h7-13,17-18,24H,5-6,14-16H2,1-4H3,(H,33,34). The van der Waals surface area contributed by atoms with Crippen molar-refractivity contribution >= 4 is 5.97 Å². The van der Waals surface area contributed by atoms with E-state index >= 15 is 0 Å². The maximum absolute atomic E-state index is 14.8. The number of halogens is 1. The number of hydrogen-bond donors (Lipinski definition) is 1. The Balaban J connectivity index is 1.57. The van der Waals surface area contributed by atoms with Crippen LogP contribution in [0.4, 0.5) is 4.39 Å². The number of nitrogens with zero attached hydrogens (tertiary/aromatic N) is 2. The molecule has 1 saturated carbocycles. The highest BCUT2D eigenvalue weighted by Crippen LogP contribution is 2.44. The van der Waals surface area contributed by atoms with Crippen molar-refractivity contribution < 1.29 is 23.8 Å². The molecule has 2 aromatic carbocycles. The first kappa shape index (κ1) is 25.6. The van der Waals surface area contributed by atoms with Crippen LogP contribution >= 0.6 is 0 Å². The Kier molecular flexibility index (Phi) is 7.57. The number of carboxylic acids is 1. The summed E-state index contributed by atoms with van der Waals surface area (Å²) in [7, 11) is 1.57.